The van der Waals surface area contributed by atoms with Gasteiger partial charge in [0.25, 0.3) is 5.91 Å². The Morgan fingerprint density at radius 2 is 1.78 bits per heavy atom. The van der Waals surface area contributed by atoms with E-state index >= 15 is 0 Å². The molecule has 1 aliphatic rings. The number of nitrogens with zero attached hydrogens (tertiary/aromatic N) is 3. The summed E-state index contributed by atoms with van der Waals surface area (Å²) in [7, 11) is 0. The van der Waals surface area contributed by atoms with Crippen LogP contribution in [0.2, 0.25) is 0 Å². The Kier molecular flexibility index (Phi) is 8.49. The first kappa shape index (κ1) is 23.6. The van der Waals surface area contributed by atoms with Crippen molar-refractivity contribution in [1.82, 2.24) is 15.2 Å². The van der Waals surface area contributed by atoms with Crippen LogP contribution in [0.3, 0.4) is 0 Å². The second kappa shape index (κ2) is 11.5. The van der Waals surface area contributed by atoms with Gasteiger partial charge in [-0.2, -0.15) is 0 Å². The summed E-state index contributed by atoms with van der Waals surface area (Å²) in [4.78, 5) is 45.8. The standard InChI is InChI=1S/C23H28N4O4S/c1-17(2)25-21(28)16-32-19-8-4-3-7-18(19)23(30)31-15-22(29)27-13-11-26(12-14-27)20-9-5-6-10-24-20/h3-10,17H,11-16H2,1-2H3,(H,25,28). The highest BCUT2D eigenvalue weighted by Gasteiger charge is 2.23. The lowest BCUT2D eigenvalue weighted by atomic mass is 10.2. The molecule has 2 amide bonds. The lowest BCUT2D eigenvalue weighted by molar-refractivity contribution is -0.134. The topological polar surface area (TPSA) is 91.8 Å². The van der Waals surface area contributed by atoms with Gasteiger partial charge in [0.2, 0.25) is 5.91 Å². The summed E-state index contributed by atoms with van der Waals surface area (Å²) >= 11 is 1.27. The van der Waals surface area contributed by atoms with Gasteiger partial charge in [-0.05, 0) is 38.1 Å². The fraction of sp³-hybridized carbons (Fsp3) is 0.391. The van der Waals surface area contributed by atoms with E-state index in [0.29, 0.717) is 36.6 Å². The zero-order valence-corrected chi connectivity index (χ0v) is 19.1. The number of anilines is 1. The summed E-state index contributed by atoms with van der Waals surface area (Å²) in [6.45, 7) is 5.92. The van der Waals surface area contributed by atoms with Crippen molar-refractivity contribution in [2.24, 2.45) is 0 Å². The molecular formula is C23H28N4O4S. The average Bonchev–Trinajstić information content (AvgIpc) is 2.81. The van der Waals surface area contributed by atoms with Crippen LogP contribution in [0.1, 0.15) is 24.2 Å². The number of hydrogen-bond donors (Lipinski definition) is 1. The molecule has 0 bridgehead atoms. The fourth-order valence-electron chi connectivity index (χ4n) is 3.29. The number of aromatic nitrogens is 1. The number of benzene rings is 1. The Balaban J connectivity index is 1.48. The minimum atomic E-state index is -0.571. The molecule has 0 atom stereocenters. The van der Waals surface area contributed by atoms with Crippen LogP contribution in [0.15, 0.2) is 53.6 Å². The van der Waals surface area contributed by atoms with E-state index in [2.05, 4.69) is 15.2 Å². The Morgan fingerprint density at radius 3 is 2.47 bits per heavy atom. The predicted octanol–water partition coefficient (Wildman–Crippen LogP) is 2.20. The quantitative estimate of drug-likeness (QED) is 0.481. The van der Waals surface area contributed by atoms with Gasteiger partial charge in [-0.25, -0.2) is 9.78 Å². The average molecular weight is 457 g/mol. The molecule has 170 valence electrons. The van der Waals surface area contributed by atoms with E-state index in [1.54, 1.807) is 35.4 Å². The molecule has 1 saturated heterocycles. The molecule has 0 saturated carbocycles. The zero-order chi connectivity index (χ0) is 22.9. The maximum atomic E-state index is 12.6. The third kappa shape index (κ3) is 6.71. The zero-order valence-electron chi connectivity index (χ0n) is 18.3. The van der Waals surface area contributed by atoms with Crippen molar-refractivity contribution in [3.8, 4) is 0 Å². The number of ether oxygens (including phenoxy) is 1. The first-order valence-electron chi connectivity index (χ1n) is 10.6. The van der Waals surface area contributed by atoms with Crippen molar-refractivity contribution in [2.75, 3.05) is 43.4 Å². The molecule has 0 aliphatic carbocycles. The third-order valence-electron chi connectivity index (χ3n) is 4.85. The highest BCUT2D eigenvalue weighted by molar-refractivity contribution is 8.00. The van der Waals surface area contributed by atoms with Crippen molar-refractivity contribution in [1.29, 1.82) is 0 Å². The predicted molar refractivity (Wildman–Crippen MR) is 124 cm³/mol. The van der Waals surface area contributed by atoms with Gasteiger partial charge < -0.3 is 19.9 Å². The normalized spacial score (nSPS) is 13.7. The Morgan fingerprint density at radius 1 is 1.06 bits per heavy atom. The summed E-state index contributed by atoms with van der Waals surface area (Å²) in [6, 6.07) is 12.7. The van der Waals surface area contributed by atoms with E-state index in [0.717, 1.165) is 5.82 Å². The minimum Gasteiger partial charge on any atom is -0.452 e. The van der Waals surface area contributed by atoms with E-state index in [-0.39, 0.29) is 30.2 Å². The molecule has 0 unspecified atom stereocenters. The van der Waals surface area contributed by atoms with Crippen LogP contribution >= 0.6 is 11.8 Å². The molecular weight excluding hydrogens is 428 g/mol. The summed E-state index contributed by atoms with van der Waals surface area (Å²) in [5.41, 5.74) is 0.350. The molecule has 2 heterocycles. The first-order chi connectivity index (χ1) is 15.4. The van der Waals surface area contributed by atoms with Crippen molar-refractivity contribution >= 4 is 35.4 Å². The lowest BCUT2D eigenvalue weighted by Crippen LogP contribution is -2.50. The minimum absolute atomic E-state index is 0.0557. The molecule has 1 aromatic carbocycles. The number of piperazine rings is 1. The molecule has 32 heavy (non-hydrogen) atoms. The van der Waals surface area contributed by atoms with Crippen LogP contribution in [-0.4, -0.2) is 72.2 Å². The molecule has 9 heteroatoms. The number of amides is 2. The van der Waals surface area contributed by atoms with Crippen molar-refractivity contribution in [3.63, 3.8) is 0 Å². The molecule has 8 nitrogen and oxygen atoms in total. The Labute approximate surface area is 192 Å². The molecule has 1 fully saturated rings. The SMILES string of the molecule is CC(C)NC(=O)CSc1ccccc1C(=O)OCC(=O)N1CCN(c2ccccn2)CC1. The van der Waals surface area contributed by atoms with Crippen LogP contribution in [0.5, 0.6) is 0 Å². The van der Waals surface area contributed by atoms with Crippen LogP contribution in [0.4, 0.5) is 5.82 Å². The van der Waals surface area contributed by atoms with Crippen molar-refractivity contribution in [3.05, 3.63) is 54.2 Å². The van der Waals surface area contributed by atoms with Gasteiger partial charge >= 0.3 is 5.97 Å². The van der Waals surface area contributed by atoms with Gasteiger partial charge in [0.15, 0.2) is 6.61 Å². The van der Waals surface area contributed by atoms with Gasteiger partial charge in [0.05, 0.1) is 11.3 Å². The molecule has 3 rings (SSSR count). The molecule has 2 aromatic rings. The number of pyridine rings is 1. The van der Waals surface area contributed by atoms with Crippen LogP contribution < -0.4 is 10.2 Å². The second-order valence-electron chi connectivity index (χ2n) is 7.64. The number of thioether (sulfide) groups is 1. The Hall–Kier alpha value is -3.07. The van der Waals surface area contributed by atoms with Gasteiger partial charge in [0.1, 0.15) is 5.82 Å². The number of nitrogens with one attached hydrogen (secondary N) is 1. The van der Waals surface area contributed by atoms with E-state index in [4.69, 9.17) is 4.74 Å². The van der Waals surface area contributed by atoms with E-state index in [9.17, 15) is 14.4 Å². The number of carbonyl (C=O) groups is 3. The molecule has 1 aliphatic heterocycles. The Bertz CT molecular complexity index is 931. The van der Waals surface area contributed by atoms with E-state index in [1.165, 1.54) is 11.8 Å². The summed E-state index contributed by atoms with van der Waals surface area (Å²) in [6.07, 6.45) is 1.75. The van der Waals surface area contributed by atoms with Gasteiger partial charge in [-0.3, -0.25) is 9.59 Å². The van der Waals surface area contributed by atoms with Crippen LogP contribution in [0, 0.1) is 0 Å². The van der Waals surface area contributed by atoms with Gasteiger partial charge in [0, 0.05) is 43.3 Å². The maximum absolute atomic E-state index is 12.6. The largest absolute Gasteiger partial charge is 0.452 e. The van der Waals surface area contributed by atoms with Crippen LogP contribution in [0.25, 0.3) is 0 Å². The fourth-order valence-corrected chi connectivity index (χ4v) is 4.14. The first-order valence-corrected chi connectivity index (χ1v) is 11.5. The summed E-state index contributed by atoms with van der Waals surface area (Å²) < 4.78 is 5.30. The van der Waals surface area contributed by atoms with E-state index in [1.807, 2.05) is 32.0 Å². The monoisotopic (exact) mass is 456 g/mol. The van der Waals surface area contributed by atoms with Crippen molar-refractivity contribution in [2.45, 2.75) is 24.8 Å². The third-order valence-corrected chi connectivity index (χ3v) is 5.92. The number of carbonyl (C=O) groups excluding carboxylic acids is 3. The number of hydrogen-bond acceptors (Lipinski definition) is 7. The summed E-state index contributed by atoms with van der Waals surface area (Å²) in [5.74, 6) is 0.191. The summed E-state index contributed by atoms with van der Waals surface area (Å²) in [5, 5.41) is 2.82. The van der Waals surface area contributed by atoms with Crippen molar-refractivity contribution < 1.29 is 19.1 Å². The van der Waals surface area contributed by atoms with E-state index < -0.39 is 5.97 Å². The molecule has 0 radical (unpaired) electrons. The highest BCUT2D eigenvalue weighted by atomic mass is 32.2. The van der Waals surface area contributed by atoms with Gasteiger partial charge in [-0.15, -0.1) is 11.8 Å². The lowest BCUT2D eigenvalue weighted by Gasteiger charge is -2.35. The number of rotatable bonds is 8. The molecule has 1 aromatic heterocycles. The molecule has 1 N–H and O–H groups in total. The maximum Gasteiger partial charge on any atom is 0.339 e. The highest BCUT2D eigenvalue weighted by Crippen LogP contribution is 2.23. The van der Waals surface area contributed by atoms with Gasteiger partial charge in [-0.1, -0.05) is 18.2 Å². The second-order valence-corrected chi connectivity index (χ2v) is 8.66. The molecule has 0 spiro atoms. The number of esters is 1. The van der Waals surface area contributed by atoms with Crippen LogP contribution in [-0.2, 0) is 14.3 Å². The smallest absolute Gasteiger partial charge is 0.339 e.